The zero-order valence-electron chi connectivity index (χ0n) is 19.3. The van der Waals surface area contributed by atoms with E-state index in [1.807, 2.05) is 19.2 Å². The molecule has 33 heavy (non-hydrogen) atoms. The van der Waals surface area contributed by atoms with E-state index in [-0.39, 0.29) is 12.0 Å². The minimum atomic E-state index is -0.872. The van der Waals surface area contributed by atoms with Gasteiger partial charge in [-0.2, -0.15) is 0 Å². The van der Waals surface area contributed by atoms with E-state index in [1.165, 1.54) is 17.8 Å². The molecule has 0 amide bonds. The van der Waals surface area contributed by atoms with Gasteiger partial charge in [-0.25, -0.2) is 9.37 Å². The molecule has 7 rings (SSSR count). The lowest BCUT2D eigenvalue weighted by Crippen LogP contribution is -2.54. The van der Waals surface area contributed by atoms with Crippen molar-refractivity contribution in [1.29, 1.82) is 0 Å². The predicted molar refractivity (Wildman–Crippen MR) is 128 cm³/mol. The Kier molecular flexibility index (Phi) is 5.62. The molecule has 5 atom stereocenters. The number of benzene rings is 1. The molecule has 4 fully saturated rings. The number of halogens is 1. The Morgan fingerprint density at radius 3 is 2.97 bits per heavy atom. The number of ether oxygens (including phenoxy) is 2. The molecule has 1 saturated carbocycles. The van der Waals surface area contributed by atoms with Crippen molar-refractivity contribution >= 4 is 22.9 Å². The van der Waals surface area contributed by atoms with Gasteiger partial charge in [-0.05, 0) is 62.8 Å². The first kappa shape index (κ1) is 21.2. The Morgan fingerprint density at radius 2 is 2.18 bits per heavy atom. The number of pyridine rings is 1. The molecule has 176 valence electrons. The van der Waals surface area contributed by atoms with Crippen molar-refractivity contribution in [2.75, 3.05) is 41.4 Å². The molecule has 7 heteroatoms. The molecule has 1 N–H and O–H groups in total. The standard InChI is InChI=1S/C26H33FN4O2/c1-2-32-25-11-17(10-22(25)27)13-30-14-18-4-3-9-28-26(18)29-23-8-6-19(12-24(23)30)31-15-21-7-5-20(31)16-33-21/h3-4,6,8-9,12,17,20-22,25H,2,5,7,10-11,13-16H2,1H3,(H,28,29)/t17-,20-,21-,22-,25-/m0/s1. The van der Waals surface area contributed by atoms with Crippen LogP contribution in [0.3, 0.4) is 0 Å². The van der Waals surface area contributed by atoms with Gasteiger partial charge in [0.15, 0.2) is 0 Å². The van der Waals surface area contributed by atoms with E-state index >= 15 is 0 Å². The highest BCUT2D eigenvalue weighted by atomic mass is 19.1. The van der Waals surface area contributed by atoms with Gasteiger partial charge in [0.05, 0.1) is 36.2 Å². The van der Waals surface area contributed by atoms with Crippen LogP contribution in [0.15, 0.2) is 36.5 Å². The second kappa shape index (κ2) is 8.76. The summed E-state index contributed by atoms with van der Waals surface area (Å²) in [5.41, 5.74) is 4.64. The van der Waals surface area contributed by atoms with Gasteiger partial charge in [0, 0.05) is 43.7 Å². The van der Waals surface area contributed by atoms with E-state index in [9.17, 15) is 4.39 Å². The first-order valence-electron chi connectivity index (χ1n) is 12.4. The van der Waals surface area contributed by atoms with Gasteiger partial charge in [0.2, 0.25) is 0 Å². The second-order valence-electron chi connectivity index (χ2n) is 9.90. The molecule has 0 spiro atoms. The third kappa shape index (κ3) is 4.06. The first-order chi connectivity index (χ1) is 16.2. The summed E-state index contributed by atoms with van der Waals surface area (Å²) >= 11 is 0. The Bertz CT molecular complexity index is 996. The lowest BCUT2D eigenvalue weighted by atomic mass is 9.96. The Labute approximate surface area is 195 Å². The van der Waals surface area contributed by atoms with Crippen LogP contribution in [-0.2, 0) is 16.0 Å². The van der Waals surface area contributed by atoms with E-state index in [0.717, 1.165) is 56.2 Å². The summed E-state index contributed by atoms with van der Waals surface area (Å²) in [4.78, 5) is 9.53. The van der Waals surface area contributed by atoms with Gasteiger partial charge in [0.25, 0.3) is 0 Å². The quantitative estimate of drug-likeness (QED) is 0.712. The second-order valence-corrected chi connectivity index (χ2v) is 9.90. The minimum Gasteiger partial charge on any atom is -0.375 e. The maximum absolute atomic E-state index is 14.6. The average Bonchev–Trinajstić information content (AvgIpc) is 3.11. The summed E-state index contributed by atoms with van der Waals surface area (Å²) in [6.45, 7) is 5.86. The summed E-state index contributed by atoms with van der Waals surface area (Å²) < 4.78 is 26.2. The maximum atomic E-state index is 14.6. The fourth-order valence-electron chi connectivity index (χ4n) is 6.08. The number of rotatable bonds is 5. The number of hydrogen-bond donors (Lipinski definition) is 1. The van der Waals surface area contributed by atoms with Crippen LogP contribution in [0.4, 0.5) is 27.3 Å². The van der Waals surface area contributed by atoms with Gasteiger partial charge in [-0.3, -0.25) is 0 Å². The van der Waals surface area contributed by atoms with Crippen LogP contribution >= 0.6 is 0 Å². The lowest BCUT2D eigenvalue weighted by Gasteiger charge is -2.46. The van der Waals surface area contributed by atoms with Gasteiger partial charge >= 0.3 is 0 Å². The molecule has 1 aliphatic carbocycles. The van der Waals surface area contributed by atoms with Crippen LogP contribution < -0.4 is 15.1 Å². The van der Waals surface area contributed by atoms with Crippen LogP contribution in [-0.4, -0.2) is 55.7 Å². The molecule has 5 heterocycles. The molecule has 0 unspecified atom stereocenters. The van der Waals surface area contributed by atoms with Crippen LogP contribution in [0.2, 0.25) is 0 Å². The molecule has 1 aromatic heterocycles. The number of alkyl halides is 1. The number of aromatic nitrogens is 1. The van der Waals surface area contributed by atoms with Crippen molar-refractivity contribution in [3.8, 4) is 0 Å². The van der Waals surface area contributed by atoms with Crippen molar-refractivity contribution < 1.29 is 13.9 Å². The number of anilines is 4. The summed E-state index contributed by atoms with van der Waals surface area (Å²) in [5.74, 6) is 1.17. The van der Waals surface area contributed by atoms with Crippen LogP contribution in [0.5, 0.6) is 0 Å². The van der Waals surface area contributed by atoms with Gasteiger partial charge in [0.1, 0.15) is 12.0 Å². The molecule has 3 saturated heterocycles. The molecule has 5 aliphatic rings. The first-order valence-corrected chi connectivity index (χ1v) is 12.4. The molecular formula is C26H33FN4O2. The molecule has 6 nitrogen and oxygen atoms in total. The largest absolute Gasteiger partial charge is 0.375 e. The van der Waals surface area contributed by atoms with Gasteiger partial charge in [-0.15, -0.1) is 0 Å². The van der Waals surface area contributed by atoms with Crippen LogP contribution in [0, 0.1) is 5.92 Å². The van der Waals surface area contributed by atoms with Crippen LogP contribution in [0.25, 0.3) is 0 Å². The van der Waals surface area contributed by atoms with E-state index in [4.69, 9.17) is 9.47 Å². The minimum absolute atomic E-state index is 0.269. The van der Waals surface area contributed by atoms with Crippen molar-refractivity contribution in [3.63, 3.8) is 0 Å². The molecule has 1 aromatic carbocycles. The Morgan fingerprint density at radius 1 is 1.24 bits per heavy atom. The zero-order chi connectivity index (χ0) is 22.4. The van der Waals surface area contributed by atoms with E-state index in [0.29, 0.717) is 25.2 Å². The normalized spacial score (nSPS) is 30.5. The van der Waals surface area contributed by atoms with Crippen molar-refractivity contribution in [1.82, 2.24) is 4.98 Å². The van der Waals surface area contributed by atoms with Crippen molar-refractivity contribution in [2.24, 2.45) is 5.92 Å². The van der Waals surface area contributed by atoms with E-state index < -0.39 is 6.17 Å². The van der Waals surface area contributed by atoms with Gasteiger partial charge < -0.3 is 24.6 Å². The number of nitrogens with zero attached hydrogens (tertiary/aromatic N) is 3. The summed E-state index contributed by atoms with van der Waals surface area (Å²) in [5, 5.41) is 3.57. The summed E-state index contributed by atoms with van der Waals surface area (Å²) in [6.07, 6.45) is 4.73. The fourth-order valence-corrected chi connectivity index (χ4v) is 6.08. The molecule has 2 aromatic rings. The lowest BCUT2D eigenvalue weighted by molar-refractivity contribution is -0.0225. The number of morpholine rings is 1. The zero-order valence-corrected chi connectivity index (χ0v) is 19.3. The Balaban J connectivity index is 1.31. The van der Waals surface area contributed by atoms with E-state index in [2.05, 4.69) is 44.4 Å². The summed E-state index contributed by atoms with van der Waals surface area (Å²) in [7, 11) is 0. The third-order valence-corrected chi connectivity index (χ3v) is 7.73. The highest BCUT2D eigenvalue weighted by Crippen LogP contribution is 2.41. The monoisotopic (exact) mass is 452 g/mol. The van der Waals surface area contributed by atoms with E-state index in [1.54, 1.807) is 0 Å². The number of hydrogen-bond acceptors (Lipinski definition) is 6. The third-order valence-electron chi connectivity index (χ3n) is 7.73. The molecule has 4 aliphatic heterocycles. The number of piperidine rings is 1. The smallest absolute Gasteiger partial charge is 0.135 e. The average molecular weight is 453 g/mol. The van der Waals surface area contributed by atoms with Crippen molar-refractivity contribution in [3.05, 3.63) is 42.1 Å². The number of nitrogens with one attached hydrogen (secondary N) is 1. The van der Waals surface area contributed by atoms with Crippen LogP contribution in [0.1, 0.15) is 38.2 Å². The predicted octanol–water partition coefficient (Wildman–Crippen LogP) is 4.67. The highest BCUT2D eigenvalue weighted by Gasteiger charge is 2.37. The summed E-state index contributed by atoms with van der Waals surface area (Å²) in [6, 6.07) is 11.3. The SMILES string of the molecule is CCO[C@H]1C[C@@H](CN2Cc3cccnc3Nc3ccc(N4C[C@@H]5CC[C@H]4CO5)cc32)C[C@@H]1F. The van der Waals surface area contributed by atoms with Crippen molar-refractivity contribution in [2.45, 2.75) is 63.6 Å². The number of fused-ring (bicyclic) bond motifs is 5. The molecular weight excluding hydrogens is 419 g/mol. The fraction of sp³-hybridized carbons (Fsp3) is 0.577. The molecule has 0 radical (unpaired) electrons. The Hall–Kier alpha value is -2.38. The maximum Gasteiger partial charge on any atom is 0.135 e. The highest BCUT2D eigenvalue weighted by molar-refractivity contribution is 5.81. The topological polar surface area (TPSA) is 49.9 Å². The van der Waals surface area contributed by atoms with Gasteiger partial charge in [-0.1, -0.05) is 6.07 Å². The molecule has 2 bridgehead atoms.